The molecular formula is C22H26FN5O. The number of nitrogens with one attached hydrogen (secondary N) is 1. The smallest absolute Gasteiger partial charge is 0.237 e. The summed E-state index contributed by atoms with van der Waals surface area (Å²) in [6, 6.07) is 11.8. The van der Waals surface area contributed by atoms with E-state index in [-0.39, 0.29) is 23.8 Å². The van der Waals surface area contributed by atoms with Gasteiger partial charge in [-0.2, -0.15) is 0 Å². The minimum atomic E-state index is -0.274. The second-order valence-corrected chi connectivity index (χ2v) is 7.76. The standard InChI is InChI=1S/C22H26FN5O/c1-15(17-6-8-19(23)9-7-17)24-22(29)16(2)27-13-10-18(11-14-27)21-26-25-20-5-3-4-12-28(20)21/h3-9,12,15-16,18H,10-11,13-14H2,1-2H3,(H,24,29). The summed E-state index contributed by atoms with van der Waals surface area (Å²) in [4.78, 5) is 14.9. The van der Waals surface area contributed by atoms with Crippen LogP contribution in [-0.4, -0.2) is 44.5 Å². The predicted octanol–water partition coefficient (Wildman–Crippen LogP) is 3.31. The Bertz CT molecular complexity index is 978. The average Bonchev–Trinajstić information content (AvgIpc) is 3.18. The number of fused-ring (bicyclic) bond motifs is 1. The fraction of sp³-hybridized carbons (Fsp3) is 0.409. The molecule has 0 aliphatic carbocycles. The summed E-state index contributed by atoms with van der Waals surface area (Å²) in [5.41, 5.74) is 1.76. The molecule has 2 atom stereocenters. The molecule has 7 heteroatoms. The molecule has 1 aliphatic heterocycles. The van der Waals surface area contributed by atoms with Crippen LogP contribution in [0.2, 0.25) is 0 Å². The largest absolute Gasteiger partial charge is 0.348 e. The number of hydrogen-bond acceptors (Lipinski definition) is 4. The van der Waals surface area contributed by atoms with Crippen LogP contribution in [0.15, 0.2) is 48.7 Å². The van der Waals surface area contributed by atoms with Gasteiger partial charge >= 0.3 is 0 Å². The van der Waals surface area contributed by atoms with Crippen molar-refractivity contribution in [3.8, 4) is 0 Å². The molecule has 1 aliphatic rings. The molecule has 3 aromatic rings. The van der Waals surface area contributed by atoms with Gasteiger partial charge < -0.3 is 5.32 Å². The molecule has 1 aromatic carbocycles. The van der Waals surface area contributed by atoms with Gasteiger partial charge in [-0.25, -0.2) is 4.39 Å². The van der Waals surface area contributed by atoms with Crippen molar-refractivity contribution < 1.29 is 9.18 Å². The first-order valence-electron chi connectivity index (χ1n) is 10.1. The number of nitrogens with zero attached hydrogens (tertiary/aromatic N) is 4. The third kappa shape index (κ3) is 4.15. The fourth-order valence-corrected chi connectivity index (χ4v) is 4.02. The van der Waals surface area contributed by atoms with E-state index in [1.165, 1.54) is 12.1 Å². The molecule has 0 saturated carbocycles. The number of benzene rings is 1. The van der Waals surface area contributed by atoms with Gasteiger partial charge in [0.25, 0.3) is 0 Å². The van der Waals surface area contributed by atoms with E-state index >= 15 is 0 Å². The summed E-state index contributed by atoms with van der Waals surface area (Å²) >= 11 is 0. The van der Waals surface area contributed by atoms with E-state index < -0.39 is 0 Å². The number of pyridine rings is 1. The van der Waals surface area contributed by atoms with Crippen LogP contribution < -0.4 is 5.32 Å². The highest BCUT2D eigenvalue weighted by atomic mass is 19.1. The molecule has 0 bridgehead atoms. The Hall–Kier alpha value is -2.80. The number of rotatable bonds is 5. The average molecular weight is 395 g/mol. The highest BCUT2D eigenvalue weighted by molar-refractivity contribution is 5.81. The van der Waals surface area contributed by atoms with Gasteiger partial charge in [-0.15, -0.1) is 10.2 Å². The van der Waals surface area contributed by atoms with Gasteiger partial charge in [0.05, 0.1) is 12.1 Å². The van der Waals surface area contributed by atoms with E-state index in [0.717, 1.165) is 43.0 Å². The van der Waals surface area contributed by atoms with Gasteiger partial charge in [0.1, 0.15) is 11.6 Å². The molecular weight excluding hydrogens is 369 g/mol. The third-order valence-electron chi connectivity index (χ3n) is 5.89. The first kappa shape index (κ1) is 19.5. The molecule has 29 heavy (non-hydrogen) atoms. The molecule has 1 N–H and O–H groups in total. The lowest BCUT2D eigenvalue weighted by molar-refractivity contribution is -0.127. The number of aromatic nitrogens is 3. The summed E-state index contributed by atoms with van der Waals surface area (Å²) in [5.74, 6) is 1.07. The van der Waals surface area contributed by atoms with Crippen LogP contribution in [0.5, 0.6) is 0 Å². The van der Waals surface area contributed by atoms with E-state index in [1.807, 2.05) is 38.2 Å². The van der Waals surface area contributed by atoms with Crippen LogP contribution in [-0.2, 0) is 4.79 Å². The zero-order valence-electron chi connectivity index (χ0n) is 16.8. The van der Waals surface area contributed by atoms with Gasteiger partial charge in [-0.1, -0.05) is 18.2 Å². The van der Waals surface area contributed by atoms with E-state index in [0.29, 0.717) is 5.92 Å². The maximum absolute atomic E-state index is 13.1. The van der Waals surface area contributed by atoms with Crippen molar-refractivity contribution in [3.63, 3.8) is 0 Å². The molecule has 0 radical (unpaired) electrons. The van der Waals surface area contributed by atoms with Crippen LogP contribution in [0, 0.1) is 5.82 Å². The Morgan fingerprint density at radius 2 is 1.83 bits per heavy atom. The second kappa shape index (κ2) is 8.29. The van der Waals surface area contributed by atoms with Crippen molar-refractivity contribution in [2.45, 2.75) is 44.7 Å². The number of carbonyl (C=O) groups is 1. The van der Waals surface area contributed by atoms with Crippen LogP contribution in [0.3, 0.4) is 0 Å². The summed E-state index contributed by atoms with van der Waals surface area (Å²) in [5, 5.41) is 11.7. The van der Waals surface area contributed by atoms with Crippen molar-refractivity contribution >= 4 is 11.6 Å². The van der Waals surface area contributed by atoms with Crippen molar-refractivity contribution in [2.75, 3.05) is 13.1 Å². The minimum Gasteiger partial charge on any atom is -0.348 e. The number of amides is 1. The number of piperidine rings is 1. The van der Waals surface area contributed by atoms with Crippen LogP contribution in [0.25, 0.3) is 5.65 Å². The molecule has 1 amide bonds. The van der Waals surface area contributed by atoms with E-state index in [4.69, 9.17) is 0 Å². The lowest BCUT2D eigenvalue weighted by Crippen LogP contribution is -2.48. The lowest BCUT2D eigenvalue weighted by Gasteiger charge is -2.35. The highest BCUT2D eigenvalue weighted by Crippen LogP contribution is 2.28. The van der Waals surface area contributed by atoms with Crippen molar-refractivity contribution in [3.05, 3.63) is 65.9 Å². The Kier molecular flexibility index (Phi) is 5.58. The molecule has 1 saturated heterocycles. The van der Waals surface area contributed by atoms with Gasteiger partial charge in [-0.05, 0) is 69.6 Å². The van der Waals surface area contributed by atoms with Gasteiger partial charge in [0, 0.05) is 12.1 Å². The van der Waals surface area contributed by atoms with E-state index in [1.54, 1.807) is 12.1 Å². The Morgan fingerprint density at radius 3 is 2.55 bits per heavy atom. The van der Waals surface area contributed by atoms with Crippen LogP contribution >= 0.6 is 0 Å². The number of hydrogen-bond donors (Lipinski definition) is 1. The Labute approximate surface area is 169 Å². The number of likely N-dealkylation sites (tertiary alicyclic amines) is 1. The molecule has 3 heterocycles. The van der Waals surface area contributed by atoms with Crippen molar-refractivity contribution in [1.82, 2.24) is 24.8 Å². The summed E-state index contributed by atoms with van der Waals surface area (Å²) in [6.07, 6.45) is 3.89. The first-order chi connectivity index (χ1) is 14.0. The molecule has 6 nitrogen and oxygen atoms in total. The molecule has 1 fully saturated rings. The topological polar surface area (TPSA) is 62.5 Å². The van der Waals surface area contributed by atoms with Gasteiger partial charge in [-0.3, -0.25) is 14.1 Å². The van der Waals surface area contributed by atoms with Gasteiger partial charge in [0.15, 0.2) is 5.65 Å². The SMILES string of the molecule is CC(NC(=O)C(C)N1CCC(c2nnc3ccccn23)CC1)c1ccc(F)cc1. The zero-order valence-corrected chi connectivity index (χ0v) is 16.8. The van der Waals surface area contributed by atoms with Crippen molar-refractivity contribution in [1.29, 1.82) is 0 Å². The second-order valence-electron chi connectivity index (χ2n) is 7.76. The number of carbonyl (C=O) groups excluding carboxylic acids is 1. The maximum atomic E-state index is 13.1. The van der Waals surface area contributed by atoms with Crippen LogP contribution in [0.1, 0.15) is 50.0 Å². The van der Waals surface area contributed by atoms with E-state index in [9.17, 15) is 9.18 Å². The van der Waals surface area contributed by atoms with Gasteiger partial charge in [0.2, 0.25) is 5.91 Å². The molecule has 4 rings (SSSR count). The molecule has 152 valence electrons. The fourth-order valence-electron chi connectivity index (χ4n) is 4.02. The van der Waals surface area contributed by atoms with Crippen molar-refractivity contribution in [2.24, 2.45) is 0 Å². The molecule has 2 aromatic heterocycles. The maximum Gasteiger partial charge on any atom is 0.237 e. The molecule has 2 unspecified atom stereocenters. The number of halogens is 1. The summed E-state index contributed by atoms with van der Waals surface area (Å²) < 4.78 is 15.2. The third-order valence-corrected chi connectivity index (χ3v) is 5.89. The van der Waals surface area contributed by atoms with Crippen LogP contribution in [0.4, 0.5) is 4.39 Å². The Morgan fingerprint density at radius 1 is 1.10 bits per heavy atom. The molecule has 0 spiro atoms. The lowest BCUT2D eigenvalue weighted by atomic mass is 9.95. The minimum absolute atomic E-state index is 0.00629. The monoisotopic (exact) mass is 395 g/mol. The zero-order chi connectivity index (χ0) is 20.4. The summed E-state index contributed by atoms with van der Waals surface area (Å²) in [6.45, 7) is 5.54. The predicted molar refractivity (Wildman–Crippen MR) is 109 cm³/mol. The first-order valence-corrected chi connectivity index (χ1v) is 10.1. The highest BCUT2D eigenvalue weighted by Gasteiger charge is 2.29. The summed E-state index contributed by atoms with van der Waals surface area (Å²) in [7, 11) is 0. The Balaban J connectivity index is 1.34. The van der Waals surface area contributed by atoms with E-state index in [2.05, 4.69) is 24.8 Å². The quantitative estimate of drug-likeness (QED) is 0.720. The normalized spacial score (nSPS) is 17.9.